The quantitative estimate of drug-likeness (QED) is 0.696. The Morgan fingerprint density at radius 3 is 2.50 bits per heavy atom. The van der Waals surface area contributed by atoms with Crippen LogP contribution in [0.25, 0.3) is 0 Å². The van der Waals surface area contributed by atoms with Gasteiger partial charge >= 0.3 is 5.97 Å². The van der Waals surface area contributed by atoms with Gasteiger partial charge < -0.3 is 19.5 Å². The van der Waals surface area contributed by atoms with Crippen molar-refractivity contribution in [2.45, 2.75) is 36.9 Å². The molecule has 0 bridgehead atoms. The Morgan fingerprint density at radius 2 is 1.92 bits per heavy atom. The molecule has 0 spiro atoms. The molecule has 2 atom stereocenters. The Hall–Kier alpha value is -2.13. The van der Waals surface area contributed by atoms with Crippen molar-refractivity contribution in [3.63, 3.8) is 0 Å². The number of benzene rings is 1. The van der Waals surface area contributed by atoms with Gasteiger partial charge in [0.2, 0.25) is 5.91 Å². The molecule has 2 rings (SSSR count). The molecule has 0 saturated carbocycles. The van der Waals surface area contributed by atoms with Crippen LogP contribution in [0.3, 0.4) is 0 Å². The van der Waals surface area contributed by atoms with Gasteiger partial charge in [-0.1, -0.05) is 0 Å². The van der Waals surface area contributed by atoms with E-state index in [0.717, 1.165) is 6.26 Å². The highest BCUT2D eigenvalue weighted by molar-refractivity contribution is 7.90. The van der Waals surface area contributed by atoms with Crippen molar-refractivity contribution in [1.29, 1.82) is 0 Å². The summed E-state index contributed by atoms with van der Waals surface area (Å²) in [6, 6.07) is 6.08. The first-order valence-electron chi connectivity index (χ1n) is 8.26. The highest BCUT2D eigenvalue weighted by atomic mass is 32.2. The number of carbonyl (C=O) groups excluding carboxylic acids is 1. The van der Waals surface area contributed by atoms with Crippen LogP contribution >= 0.6 is 0 Å². The summed E-state index contributed by atoms with van der Waals surface area (Å²) in [6.07, 6.45) is 0.526. The molecule has 144 valence electrons. The van der Waals surface area contributed by atoms with Gasteiger partial charge in [-0.3, -0.25) is 4.79 Å². The second kappa shape index (κ2) is 8.50. The summed E-state index contributed by atoms with van der Waals surface area (Å²) in [7, 11) is -3.24. The Morgan fingerprint density at radius 1 is 1.27 bits per heavy atom. The lowest BCUT2D eigenvalue weighted by Gasteiger charge is -2.35. The van der Waals surface area contributed by atoms with E-state index in [1.165, 1.54) is 17.0 Å². The zero-order chi connectivity index (χ0) is 19.3. The summed E-state index contributed by atoms with van der Waals surface area (Å²) in [5.41, 5.74) is 0. The molecular weight excluding hydrogens is 362 g/mol. The zero-order valence-corrected chi connectivity index (χ0v) is 15.6. The number of hydrogen-bond donors (Lipinski definition) is 1. The molecule has 1 aromatic carbocycles. The Kier molecular flexibility index (Phi) is 6.60. The van der Waals surface area contributed by atoms with E-state index >= 15 is 0 Å². The highest BCUT2D eigenvalue weighted by Crippen LogP contribution is 2.17. The highest BCUT2D eigenvalue weighted by Gasteiger charge is 2.32. The molecule has 1 fully saturated rings. The van der Waals surface area contributed by atoms with Gasteiger partial charge in [-0.05, 0) is 37.6 Å². The van der Waals surface area contributed by atoms with Gasteiger partial charge in [0.1, 0.15) is 5.75 Å². The Bertz CT molecular complexity index is 745. The standard InChI is InChI=1S/C17H23NO7S/c1-12-10-18(11-15(25-12)17(20)21)16(19)4-3-9-24-13-5-7-14(8-6-13)26(2,22)23/h5-8,12,15H,3-4,9-11H2,1-2H3,(H,20,21)/t12-,15?/m1/s1. The van der Waals surface area contributed by atoms with Gasteiger partial charge in [-0.2, -0.15) is 0 Å². The van der Waals surface area contributed by atoms with Crippen molar-refractivity contribution >= 4 is 21.7 Å². The van der Waals surface area contributed by atoms with Crippen LogP contribution in [0.2, 0.25) is 0 Å². The lowest BCUT2D eigenvalue weighted by atomic mass is 10.2. The van der Waals surface area contributed by atoms with E-state index < -0.39 is 21.9 Å². The van der Waals surface area contributed by atoms with Crippen molar-refractivity contribution < 1.29 is 32.6 Å². The van der Waals surface area contributed by atoms with Crippen LogP contribution in [-0.2, 0) is 24.2 Å². The number of sulfone groups is 1. The molecule has 1 aliphatic heterocycles. The molecule has 0 radical (unpaired) electrons. The van der Waals surface area contributed by atoms with Gasteiger partial charge in [0, 0.05) is 19.2 Å². The summed E-state index contributed by atoms with van der Waals surface area (Å²) >= 11 is 0. The smallest absolute Gasteiger partial charge is 0.334 e. The fourth-order valence-corrected chi connectivity index (χ4v) is 3.28. The van der Waals surface area contributed by atoms with E-state index in [2.05, 4.69) is 0 Å². The number of morpholine rings is 1. The third-order valence-corrected chi connectivity index (χ3v) is 5.07. The van der Waals surface area contributed by atoms with Crippen molar-refractivity contribution in [1.82, 2.24) is 4.90 Å². The van der Waals surface area contributed by atoms with Crippen LogP contribution in [-0.4, -0.2) is 68.5 Å². The number of hydrogen-bond acceptors (Lipinski definition) is 6. The van der Waals surface area contributed by atoms with Gasteiger partial charge in [0.05, 0.1) is 24.2 Å². The van der Waals surface area contributed by atoms with E-state index in [4.69, 9.17) is 14.6 Å². The zero-order valence-electron chi connectivity index (χ0n) is 14.8. The lowest BCUT2D eigenvalue weighted by molar-refractivity contribution is -0.166. The van der Waals surface area contributed by atoms with Gasteiger partial charge in [0.25, 0.3) is 0 Å². The fourth-order valence-electron chi connectivity index (χ4n) is 2.65. The number of amides is 1. The first-order valence-corrected chi connectivity index (χ1v) is 10.1. The Balaban J connectivity index is 1.77. The number of aliphatic carboxylic acids is 1. The average molecular weight is 385 g/mol. The van der Waals surface area contributed by atoms with Crippen LogP contribution in [0.5, 0.6) is 5.75 Å². The molecule has 1 N–H and O–H groups in total. The molecule has 26 heavy (non-hydrogen) atoms. The minimum absolute atomic E-state index is 0.0479. The Labute approximate surface area is 152 Å². The molecule has 1 heterocycles. The molecule has 9 heteroatoms. The summed E-state index contributed by atoms with van der Waals surface area (Å²) in [5, 5.41) is 9.04. The minimum Gasteiger partial charge on any atom is -0.494 e. The molecule has 1 aromatic rings. The molecule has 8 nitrogen and oxygen atoms in total. The predicted octanol–water partition coefficient (Wildman–Crippen LogP) is 0.950. The minimum atomic E-state index is -3.24. The third kappa shape index (κ3) is 5.70. The molecule has 0 aliphatic carbocycles. The lowest BCUT2D eigenvalue weighted by Crippen LogP contribution is -2.51. The monoisotopic (exact) mass is 385 g/mol. The van der Waals surface area contributed by atoms with E-state index in [1.807, 2.05) is 0 Å². The number of ether oxygens (including phenoxy) is 2. The summed E-state index contributed by atoms with van der Waals surface area (Å²) in [4.78, 5) is 25.0. The summed E-state index contributed by atoms with van der Waals surface area (Å²) < 4.78 is 33.6. The van der Waals surface area contributed by atoms with Crippen molar-refractivity contribution in [3.05, 3.63) is 24.3 Å². The average Bonchev–Trinajstić information content (AvgIpc) is 2.57. The van der Waals surface area contributed by atoms with E-state index in [9.17, 15) is 18.0 Å². The van der Waals surface area contributed by atoms with Gasteiger partial charge in [-0.25, -0.2) is 13.2 Å². The van der Waals surface area contributed by atoms with E-state index in [0.29, 0.717) is 25.3 Å². The molecule has 1 unspecified atom stereocenters. The van der Waals surface area contributed by atoms with Crippen molar-refractivity contribution in [2.75, 3.05) is 26.0 Å². The first kappa shape index (κ1) is 20.2. The SMILES string of the molecule is C[C@@H]1CN(C(=O)CCCOc2ccc(S(C)(=O)=O)cc2)CC(C(=O)O)O1. The number of nitrogens with zero attached hydrogens (tertiary/aromatic N) is 1. The second-order valence-corrected chi connectivity index (χ2v) is 8.28. The maximum Gasteiger partial charge on any atom is 0.334 e. The summed E-state index contributed by atoms with van der Waals surface area (Å²) in [5.74, 6) is -0.687. The van der Waals surface area contributed by atoms with Crippen LogP contribution in [0, 0.1) is 0 Å². The maximum absolute atomic E-state index is 12.2. The van der Waals surface area contributed by atoms with Gasteiger partial charge in [-0.15, -0.1) is 0 Å². The number of rotatable bonds is 7. The number of carboxylic acids is 1. The molecule has 0 aromatic heterocycles. The van der Waals surface area contributed by atoms with Crippen LogP contribution in [0.15, 0.2) is 29.2 Å². The van der Waals surface area contributed by atoms with Crippen molar-refractivity contribution in [3.8, 4) is 5.75 Å². The topological polar surface area (TPSA) is 110 Å². The van der Waals surface area contributed by atoms with E-state index in [-0.39, 0.29) is 29.9 Å². The van der Waals surface area contributed by atoms with Gasteiger partial charge in [0.15, 0.2) is 15.9 Å². The third-order valence-electron chi connectivity index (χ3n) is 3.94. The number of carboxylic acid groups (broad SMARTS) is 1. The largest absolute Gasteiger partial charge is 0.494 e. The van der Waals surface area contributed by atoms with Crippen LogP contribution in [0.4, 0.5) is 0 Å². The molecule has 1 saturated heterocycles. The fraction of sp³-hybridized carbons (Fsp3) is 0.529. The second-order valence-electron chi connectivity index (χ2n) is 6.27. The molecule has 1 amide bonds. The predicted molar refractivity (Wildman–Crippen MR) is 92.8 cm³/mol. The van der Waals surface area contributed by atoms with Crippen molar-refractivity contribution in [2.24, 2.45) is 0 Å². The van der Waals surface area contributed by atoms with Crippen LogP contribution < -0.4 is 4.74 Å². The summed E-state index contributed by atoms with van der Waals surface area (Å²) in [6.45, 7) is 2.45. The molecule has 1 aliphatic rings. The van der Waals surface area contributed by atoms with Crippen LogP contribution in [0.1, 0.15) is 19.8 Å². The maximum atomic E-state index is 12.2. The molecular formula is C17H23NO7S. The first-order chi connectivity index (χ1) is 12.2. The number of carbonyl (C=O) groups is 2. The normalized spacial score (nSPS) is 20.6. The van der Waals surface area contributed by atoms with E-state index in [1.54, 1.807) is 19.1 Å².